The minimum Gasteiger partial charge on any atom is -0.463 e. The van der Waals surface area contributed by atoms with E-state index < -0.39 is 11.9 Å². The van der Waals surface area contributed by atoms with Crippen molar-refractivity contribution < 1.29 is 28.6 Å². The molecule has 0 saturated heterocycles. The third-order valence-electron chi connectivity index (χ3n) is 4.69. The highest BCUT2D eigenvalue weighted by atomic mass is 16.6. The lowest BCUT2D eigenvalue weighted by Gasteiger charge is -2.17. The van der Waals surface area contributed by atoms with Gasteiger partial charge in [-0.05, 0) is 61.8 Å². The molecule has 0 radical (unpaired) electrons. The number of benzene rings is 2. The zero-order chi connectivity index (χ0) is 22.6. The third kappa shape index (κ3) is 9.47. The van der Waals surface area contributed by atoms with Gasteiger partial charge in [-0.3, -0.25) is 14.4 Å². The number of esters is 3. The second-order valence-corrected chi connectivity index (χ2v) is 7.47. The molecular weight excluding hydrogens is 396 g/mol. The summed E-state index contributed by atoms with van der Waals surface area (Å²) in [6, 6.07) is 15.4. The Hall–Kier alpha value is -3.15. The van der Waals surface area contributed by atoms with Crippen LogP contribution >= 0.6 is 0 Å². The van der Waals surface area contributed by atoms with E-state index in [2.05, 4.69) is 12.1 Å². The summed E-state index contributed by atoms with van der Waals surface area (Å²) in [5.74, 6) is -0.886. The van der Waals surface area contributed by atoms with Crippen LogP contribution in [0.5, 0.6) is 11.5 Å². The molecule has 0 N–H and O–H groups in total. The SMILES string of the molecule is CC(=O)Oc1ccc(CC[C@@H](CCCCc2ccccc2)OC(C)=O)cc1OC(C)=O. The first-order valence-corrected chi connectivity index (χ1v) is 10.5. The zero-order valence-corrected chi connectivity index (χ0v) is 18.4. The number of aryl methyl sites for hydroxylation is 2. The van der Waals surface area contributed by atoms with Gasteiger partial charge in [0.25, 0.3) is 0 Å². The van der Waals surface area contributed by atoms with Crippen molar-refractivity contribution in [2.45, 2.75) is 65.4 Å². The van der Waals surface area contributed by atoms with Crippen LogP contribution in [0.4, 0.5) is 0 Å². The number of hydrogen-bond acceptors (Lipinski definition) is 6. The highest BCUT2D eigenvalue weighted by molar-refractivity contribution is 5.73. The minimum absolute atomic E-state index is 0.182. The van der Waals surface area contributed by atoms with Crippen molar-refractivity contribution in [2.24, 2.45) is 0 Å². The van der Waals surface area contributed by atoms with Crippen LogP contribution in [0.1, 0.15) is 57.6 Å². The van der Waals surface area contributed by atoms with Crippen molar-refractivity contribution in [3.05, 3.63) is 59.7 Å². The van der Waals surface area contributed by atoms with Crippen LogP contribution in [0.3, 0.4) is 0 Å². The summed E-state index contributed by atoms with van der Waals surface area (Å²) in [5, 5.41) is 0. The van der Waals surface area contributed by atoms with Crippen LogP contribution in [0.25, 0.3) is 0 Å². The van der Waals surface area contributed by atoms with Crippen molar-refractivity contribution in [3.63, 3.8) is 0 Å². The predicted octanol–water partition coefficient (Wildman–Crippen LogP) is 4.81. The van der Waals surface area contributed by atoms with Gasteiger partial charge in [0.05, 0.1) is 0 Å². The smallest absolute Gasteiger partial charge is 0.308 e. The van der Waals surface area contributed by atoms with E-state index in [9.17, 15) is 14.4 Å². The summed E-state index contributed by atoms with van der Waals surface area (Å²) in [6.07, 6.45) is 4.86. The zero-order valence-electron chi connectivity index (χ0n) is 18.4. The van der Waals surface area contributed by atoms with Crippen molar-refractivity contribution >= 4 is 17.9 Å². The summed E-state index contributed by atoms with van der Waals surface area (Å²) >= 11 is 0. The molecule has 2 aromatic rings. The number of unbranched alkanes of at least 4 members (excludes halogenated alkanes) is 1. The molecule has 0 heterocycles. The van der Waals surface area contributed by atoms with Gasteiger partial charge in [-0.15, -0.1) is 0 Å². The summed E-state index contributed by atoms with van der Waals surface area (Å²) in [4.78, 5) is 34.2. The normalized spacial score (nSPS) is 11.5. The second-order valence-electron chi connectivity index (χ2n) is 7.47. The van der Waals surface area contributed by atoms with Crippen molar-refractivity contribution in [1.82, 2.24) is 0 Å². The van der Waals surface area contributed by atoms with Gasteiger partial charge >= 0.3 is 17.9 Å². The first-order chi connectivity index (χ1) is 14.8. The van der Waals surface area contributed by atoms with Gasteiger partial charge in [-0.1, -0.05) is 36.4 Å². The monoisotopic (exact) mass is 426 g/mol. The molecule has 0 unspecified atom stereocenters. The molecule has 0 bridgehead atoms. The van der Waals surface area contributed by atoms with Gasteiger partial charge in [-0.25, -0.2) is 0 Å². The Labute approximate surface area is 183 Å². The molecule has 0 aliphatic rings. The number of rotatable bonds is 11. The Balaban J connectivity index is 1.94. The summed E-state index contributed by atoms with van der Waals surface area (Å²) < 4.78 is 15.8. The molecule has 166 valence electrons. The summed E-state index contributed by atoms with van der Waals surface area (Å²) in [7, 11) is 0. The molecule has 6 nitrogen and oxygen atoms in total. The molecule has 0 fully saturated rings. The van der Waals surface area contributed by atoms with Crippen LogP contribution in [-0.2, 0) is 32.0 Å². The maximum Gasteiger partial charge on any atom is 0.308 e. The van der Waals surface area contributed by atoms with Gasteiger partial charge in [0.1, 0.15) is 6.10 Å². The van der Waals surface area contributed by atoms with E-state index in [1.165, 1.54) is 26.3 Å². The molecule has 0 spiro atoms. The molecule has 0 saturated carbocycles. The van der Waals surface area contributed by atoms with E-state index in [-0.39, 0.29) is 23.6 Å². The highest BCUT2D eigenvalue weighted by Crippen LogP contribution is 2.30. The van der Waals surface area contributed by atoms with Gasteiger partial charge in [-0.2, -0.15) is 0 Å². The van der Waals surface area contributed by atoms with Crippen LogP contribution in [-0.4, -0.2) is 24.0 Å². The Bertz CT molecular complexity index is 875. The number of carbonyl (C=O) groups excluding carboxylic acids is 3. The largest absolute Gasteiger partial charge is 0.463 e. The van der Waals surface area contributed by atoms with Crippen molar-refractivity contribution in [2.75, 3.05) is 0 Å². The average Bonchev–Trinajstić information content (AvgIpc) is 2.70. The Kier molecular flexibility index (Phi) is 9.75. The Morgan fingerprint density at radius 3 is 2.03 bits per heavy atom. The van der Waals surface area contributed by atoms with Gasteiger partial charge in [0.15, 0.2) is 11.5 Å². The Morgan fingerprint density at radius 1 is 0.710 bits per heavy atom. The predicted molar refractivity (Wildman–Crippen MR) is 117 cm³/mol. The van der Waals surface area contributed by atoms with Gasteiger partial charge < -0.3 is 14.2 Å². The van der Waals surface area contributed by atoms with Crippen molar-refractivity contribution in [1.29, 1.82) is 0 Å². The quantitative estimate of drug-likeness (QED) is 0.291. The molecule has 0 aliphatic carbocycles. The molecular formula is C25H30O6. The fourth-order valence-corrected chi connectivity index (χ4v) is 3.35. The van der Waals surface area contributed by atoms with E-state index in [1.54, 1.807) is 12.1 Å². The van der Waals surface area contributed by atoms with Crippen LogP contribution in [0, 0.1) is 0 Å². The molecule has 31 heavy (non-hydrogen) atoms. The number of ether oxygens (including phenoxy) is 3. The Morgan fingerprint density at radius 2 is 1.39 bits per heavy atom. The molecule has 2 rings (SSSR count). The maximum absolute atomic E-state index is 11.5. The van der Waals surface area contributed by atoms with Gasteiger partial charge in [0, 0.05) is 20.8 Å². The van der Waals surface area contributed by atoms with E-state index >= 15 is 0 Å². The van der Waals surface area contributed by atoms with Crippen LogP contribution in [0.2, 0.25) is 0 Å². The minimum atomic E-state index is -0.498. The van der Waals surface area contributed by atoms with E-state index in [0.29, 0.717) is 12.8 Å². The third-order valence-corrected chi connectivity index (χ3v) is 4.69. The highest BCUT2D eigenvalue weighted by Gasteiger charge is 2.15. The first kappa shape index (κ1) is 24.1. The topological polar surface area (TPSA) is 78.9 Å². The lowest BCUT2D eigenvalue weighted by atomic mass is 10.0. The molecule has 6 heteroatoms. The fourth-order valence-electron chi connectivity index (χ4n) is 3.35. The first-order valence-electron chi connectivity index (χ1n) is 10.5. The molecule has 1 atom stereocenters. The van der Waals surface area contributed by atoms with E-state index in [4.69, 9.17) is 14.2 Å². The lowest BCUT2D eigenvalue weighted by molar-refractivity contribution is -0.147. The molecule has 0 amide bonds. The molecule has 0 aliphatic heterocycles. The van der Waals surface area contributed by atoms with Crippen molar-refractivity contribution in [3.8, 4) is 11.5 Å². The van der Waals surface area contributed by atoms with E-state index in [0.717, 1.165) is 31.2 Å². The lowest BCUT2D eigenvalue weighted by Crippen LogP contribution is -2.17. The fraction of sp³-hybridized carbons (Fsp3) is 0.400. The van der Waals surface area contributed by atoms with Crippen LogP contribution < -0.4 is 9.47 Å². The standard InChI is InChI=1S/C25H30O6/c1-18(26)29-23(12-8-7-11-21-9-5-4-6-10-21)15-13-22-14-16-24(30-19(2)27)25(17-22)31-20(3)28/h4-6,9-10,14,16-17,23H,7-8,11-13,15H2,1-3H3/t23-/m1/s1. The van der Waals surface area contributed by atoms with Gasteiger partial charge in [0.2, 0.25) is 0 Å². The number of carbonyl (C=O) groups is 3. The molecule has 0 aromatic heterocycles. The number of hydrogen-bond donors (Lipinski definition) is 0. The maximum atomic E-state index is 11.5. The second kappa shape index (κ2) is 12.5. The summed E-state index contributed by atoms with van der Waals surface area (Å²) in [5.41, 5.74) is 2.20. The average molecular weight is 427 g/mol. The van der Waals surface area contributed by atoms with Crippen LogP contribution in [0.15, 0.2) is 48.5 Å². The van der Waals surface area contributed by atoms with E-state index in [1.807, 2.05) is 24.3 Å². The molecule has 2 aromatic carbocycles. The summed E-state index contributed by atoms with van der Waals surface area (Å²) in [6.45, 7) is 3.99.